The Bertz CT molecular complexity index is 1210. The minimum absolute atomic E-state index is 0.0137. The predicted molar refractivity (Wildman–Crippen MR) is 148 cm³/mol. The summed E-state index contributed by atoms with van der Waals surface area (Å²) in [7, 11) is 0. The van der Waals surface area contributed by atoms with E-state index in [0.717, 1.165) is 24.2 Å². The van der Waals surface area contributed by atoms with Gasteiger partial charge in [-0.05, 0) is 43.7 Å². The maximum atomic E-state index is 7.13. The first-order valence-electron chi connectivity index (χ1n) is 13.8. The first kappa shape index (κ1) is 24.4. The van der Waals surface area contributed by atoms with Crippen molar-refractivity contribution < 1.29 is 9.57 Å². The first-order chi connectivity index (χ1) is 18.0. The lowest BCUT2D eigenvalue weighted by molar-refractivity contribution is -0.268. The topological polar surface area (TPSA) is 34.1 Å². The lowest BCUT2D eigenvalue weighted by Gasteiger charge is -2.58. The molecule has 3 aromatic rings. The van der Waals surface area contributed by atoms with E-state index in [1.54, 1.807) is 0 Å². The molecule has 4 nitrogen and oxygen atoms in total. The molecular weight excluding hydrogens is 456 g/mol. The summed E-state index contributed by atoms with van der Waals surface area (Å²) in [6.07, 6.45) is 3.37. The molecule has 2 heterocycles. The fourth-order valence-electron chi connectivity index (χ4n) is 6.87. The summed E-state index contributed by atoms with van der Waals surface area (Å²) in [6.45, 7) is 8.03. The number of hydrogen-bond donors (Lipinski definition) is 0. The Kier molecular flexibility index (Phi) is 6.64. The molecule has 6 rings (SSSR count). The third-order valence-corrected chi connectivity index (χ3v) is 8.92. The summed E-state index contributed by atoms with van der Waals surface area (Å²) in [5.41, 5.74) is 4.56. The molecule has 1 saturated carbocycles. The van der Waals surface area contributed by atoms with Crippen LogP contribution in [-0.4, -0.2) is 34.6 Å². The van der Waals surface area contributed by atoms with Gasteiger partial charge in [0.05, 0.1) is 17.7 Å². The van der Waals surface area contributed by atoms with Crippen LogP contribution in [0.25, 0.3) is 0 Å². The second-order valence-electron chi connectivity index (χ2n) is 11.7. The van der Waals surface area contributed by atoms with Crippen LogP contribution >= 0.6 is 0 Å². The van der Waals surface area contributed by atoms with Gasteiger partial charge in [0.1, 0.15) is 0 Å². The summed E-state index contributed by atoms with van der Waals surface area (Å²) in [4.78, 5) is 8.99. The average Bonchev–Trinajstić information content (AvgIpc) is 3.37. The lowest BCUT2D eigenvalue weighted by Crippen LogP contribution is -2.67. The number of ether oxygens (including phenoxy) is 1. The van der Waals surface area contributed by atoms with Crippen molar-refractivity contribution in [1.82, 2.24) is 4.90 Å². The smallest absolute Gasteiger partial charge is 0.179 e. The zero-order valence-electron chi connectivity index (χ0n) is 22.2. The van der Waals surface area contributed by atoms with Crippen LogP contribution in [0.3, 0.4) is 0 Å². The Morgan fingerprint density at radius 1 is 0.865 bits per heavy atom. The monoisotopic (exact) mass is 494 g/mol. The van der Waals surface area contributed by atoms with E-state index in [-0.39, 0.29) is 29.9 Å². The molecule has 1 aliphatic carbocycles. The predicted octanol–water partition coefficient (Wildman–Crippen LogP) is 7.02. The Morgan fingerprint density at radius 2 is 1.51 bits per heavy atom. The zero-order valence-corrected chi connectivity index (χ0v) is 22.2. The molecule has 3 aromatic carbocycles. The van der Waals surface area contributed by atoms with E-state index in [2.05, 4.69) is 111 Å². The molecule has 0 aromatic heterocycles. The van der Waals surface area contributed by atoms with Gasteiger partial charge >= 0.3 is 0 Å². The van der Waals surface area contributed by atoms with Gasteiger partial charge in [-0.25, -0.2) is 0 Å². The molecule has 2 fully saturated rings. The standard InChI is InChI=1S/C33H38N2O2/c1-23-19-20-27-28(21-23)36-32(35(33(27,2)3)22-24-13-7-4-8-14-24)31-29(25-15-9-5-10-16-25)30(34-37-31)26-17-11-6-12-18-26/h4-18,23,27-29,31-32H,19-22H2,1-3H3/t23-,27-,28-,29-,31-,32+/m1/s1. The summed E-state index contributed by atoms with van der Waals surface area (Å²) in [6, 6.07) is 31.9. The van der Waals surface area contributed by atoms with Crippen molar-refractivity contribution >= 4 is 5.71 Å². The molecule has 0 radical (unpaired) electrons. The largest absolute Gasteiger partial charge is 0.387 e. The molecule has 192 valence electrons. The maximum Gasteiger partial charge on any atom is 0.179 e. The summed E-state index contributed by atoms with van der Waals surface area (Å²) in [5, 5.41) is 4.74. The highest BCUT2D eigenvalue weighted by molar-refractivity contribution is 6.06. The minimum atomic E-state index is -0.237. The minimum Gasteiger partial charge on any atom is -0.387 e. The van der Waals surface area contributed by atoms with Crippen molar-refractivity contribution in [3.05, 3.63) is 108 Å². The van der Waals surface area contributed by atoms with Crippen LogP contribution in [-0.2, 0) is 16.1 Å². The third-order valence-electron chi connectivity index (χ3n) is 8.92. The van der Waals surface area contributed by atoms with E-state index in [0.29, 0.717) is 11.8 Å². The normalized spacial score (nSPS) is 31.3. The molecule has 1 saturated heterocycles. The van der Waals surface area contributed by atoms with Crippen molar-refractivity contribution in [2.45, 2.75) is 76.5 Å². The van der Waals surface area contributed by atoms with Crippen LogP contribution in [0.2, 0.25) is 0 Å². The molecule has 2 aliphatic heterocycles. The number of hydrogen-bond acceptors (Lipinski definition) is 4. The van der Waals surface area contributed by atoms with Gasteiger partial charge in [0.15, 0.2) is 12.3 Å². The maximum absolute atomic E-state index is 7.13. The van der Waals surface area contributed by atoms with Crippen molar-refractivity contribution in [2.75, 3.05) is 0 Å². The Morgan fingerprint density at radius 3 is 2.22 bits per heavy atom. The number of nitrogens with zero attached hydrogens (tertiary/aromatic N) is 2. The zero-order chi connectivity index (χ0) is 25.4. The van der Waals surface area contributed by atoms with E-state index in [1.165, 1.54) is 24.0 Å². The van der Waals surface area contributed by atoms with Gasteiger partial charge in [0.25, 0.3) is 0 Å². The first-order valence-corrected chi connectivity index (χ1v) is 13.8. The Labute approximate surface area is 221 Å². The van der Waals surface area contributed by atoms with Gasteiger partial charge in [-0.15, -0.1) is 0 Å². The highest BCUT2D eigenvalue weighted by Crippen LogP contribution is 2.48. The summed E-state index contributed by atoms with van der Waals surface area (Å²) in [5.74, 6) is 1.17. The highest BCUT2D eigenvalue weighted by atomic mass is 16.7. The van der Waals surface area contributed by atoms with E-state index < -0.39 is 0 Å². The van der Waals surface area contributed by atoms with Crippen LogP contribution in [0.1, 0.15) is 62.6 Å². The molecular formula is C33H38N2O2. The molecule has 0 N–H and O–H groups in total. The fraction of sp³-hybridized carbons (Fsp3) is 0.424. The molecule has 0 spiro atoms. The Balaban J connectivity index is 1.41. The van der Waals surface area contributed by atoms with Gasteiger partial charge in [0, 0.05) is 23.6 Å². The van der Waals surface area contributed by atoms with Gasteiger partial charge < -0.3 is 9.57 Å². The molecule has 0 bridgehead atoms. The van der Waals surface area contributed by atoms with Crippen LogP contribution in [0, 0.1) is 11.8 Å². The third kappa shape index (κ3) is 4.62. The SMILES string of the molecule is C[C@@H]1CC[C@@H]2[C@@H](C1)O[C@@H]([C@@H]1ON=C(c3ccccc3)[C@H]1c1ccccc1)N(Cc1ccccc1)C2(C)C. The average molecular weight is 495 g/mol. The summed E-state index contributed by atoms with van der Waals surface area (Å²) >= 11 is 0. The molecule has 37 heavy (non-hydrogen) atoms. The van der Waals surface area contributed by atoms with Crippen LogP contribution in [0.15, 0.2) is 96.2 Å². The number of oxime groups is 1. The van der Waals surface area contributed by atoms with Crippen molar-refractivity contribution in [1.29, 1.82) is 0 Å². The second kappa shape index (κ2) is 10.1. The fourth-order valence-corrected chi connectivity index (χ4v) is 6.87. The van der Waals surface area contributed by atoms with Gasteiger partial charge in [-0.1, -0.05) is 109 Å². The van der Waals surface area contributed by atoms with E-state index in [1.807, 2.05) is 6.07 Å². The lowest BCUT2D eigenvalue weighted by atomic mass is 9.69. The molecule has 3 aliphatic rings. The van der Waals surface area contributed by atoms with Crippen LogP contribution in [0.4, 0.5) is 0 Å². The highest BCUT2D eigenvalue weighted by Gasteiger charge is 2.55. The summed E-state index contributed by atoms with van der Waals surface area (Å²) < 4.78 is 7.13. The van der Waals surface area contributed by atoms with Crippen molar-refractivity contribution in [3.8, 4) is 0 Å². The molecule has 0 amide bonds. The van der Waals surface area contributed by atoms with Gasteiger partial charge in [-0.3, -0.25) is 4.90 Å². The van der Waals surface area contributed by atoms with Crippen LogP contribution in [0.5, 0.6) is 0 Å². The van der Waals surface area contributed by atoms with Crippen LogP contribution < -0.4 is 0 Å². The van der Waals surface area contributed by atoms with Gasteiger partial charge in [0.2, 0.25) is 0 Å². The number of fused-ring (bicyclic) bond motifs is 1. The Hall–Kier alpha value is -2.95. The van der Waals surface area contributed by atoms with E-state index in [4.69, 9.17) is 14.7 Å². The number of rotatable bonds is 5. The molecule has 0 unspecified atom stereocenters. The van der Waals surface area contributed by atoms with Gasteiger partial charge in [-0.2, -0.15) is 0 Å². The quantitative estimate of drug-likeness (QED) is 0.382. The number of benzene rings is 3. The molecule has 6 atom stereocenters. The van der Waals surface area contributed by atoms with Crippen molar-refractivity contribution in [2.24, 2.45) is 17.0 Å². The second-order valence-corrected chi connectivity index (χ2v) is 11.7. The van der Waals surface area contributed by atoms with E-state index >= 15 is 0 Å². The van der Waals surface area contributed by atoms with Crippen molar-refractivity contribution in [3.63, 3.8) is 0 Å². The molecule has 4 heteroatoms. The van der Waals surface area contributed by atoms with E-state index in [9.17, 15) is 0 Å².